The van der Waals surface area contributed by atoms with Crippen LogP contribution in [0.5, 0.6) is 0 Å². The van der Waals surface area contributed by atoms with E-state index in [-0.39, 0.29) is 76.1 Å². The van der Waals surface area contributed by atoms with E-state index in [9.17, 15) is 0 Å². The van der Waals surface area contributed by atoms with Crippen LogP contribution in [0.2, 0.25) is 0 Å². The molecule has 0 unspecified atom stereocenters. The monoisotopic (exact) mass is 209 g/mol. The van der Waals surface area contributed by atoms with E-state index in [0.717, 1.165) is 0 Å². The number of hydrogen-bond donors (Lipinski definition) is 3. The van der Waals surface area contributed by atoms with E-state index in [1.165, 1.54) is 0 Å². The fourth-order valence-electron chi connectivity index (χ4n) is 0. The second-order valence-electron chi connectivity index (χ2n) is 0.513. The first-order chi connectivity index (χ1) is 2.00. The number of hydrogen-bond acceptors (Lipinski definition) is 1. The van der Waals surface area contributed by atoms with Gasteiger partial charge in [0.2, 0.25) is 0 Å². The van der Waals surface area contributed by atoms with Gasteiger partial charge in [0.05, 0.1) is 0 Å². The summed E-state index contributed by atoms with van der Waals surface area (Å²) in [5, 5.41) is 0. The van der Waals surface area contributed by atoms with Gasteiger partial charge in [-0.25, -0.2) is 4.57 Å². The zero-order valence-electron chi connectivity index (χ0n) is 4.61. The van der Waals surface area contributed by atoms with Crippen molar-refractivity contribution >= 4 is 45.6 Å². The minimum atomic E-state index is -4.64. The molecule has 0 saturated carbocycles. The van der Waals surface area contributed by atoms with Gasteiger partial charge >= 0.3 is 83.9 Å². The average Bonchev–Trinajstić information content (AvgIpc) is 0.722. The third-order valence-electron chi connectivity index (χ3n) is 0. The molecule has 3 N–H and O–H groups in total. The van der Waals surface area contributed by atoms with Gasteiger partial charge in [0.15, 0.2) is 0 Å². The Morgan fingerprint density at radius 2 is 1.12 bits per heavy atom. The summed E-state index contributed by atoms with van der Waals surface area (Å²) in [6.45, 7) is 0. The molecular weight excluding hydrogens is 207 g/mol. The van der Waals surface area contributed by atoms with Gasteiger partial charge in [-0.3, -0.25) is 0 Å². The molecule has 0 radical (unpaired) electrons. The van der Waals surface area contributed by atoms with Crippen LogP contribution in [0.25, 0.3) is 0 Å². The van der Waals surface area contributed by atoms with Crippen molar-refractivity contribution in [3.05, 3.63) is 0 Å². The van der Waals surface area contributed by atoms with Crippen LogP contribution in [-0.2, 0) is 24.0 Å². The summed E-state index contributed by atoms with van der Waals surface area (Å²) in [7, 11) is -4.64. The van der Waals surface area contributed by atoms with Crippen molar-refractivity contribution in [2.45, 2.75) is 0 Å². The van der Waals surface area contributed by atoms with E-state index < -0.39 is 7.82 Å². The van der Waals surface area contributed by atoms with Crippen LogP contribution in [0, 0.1) is 0 Å². The SMILES string of the molecule is O=P(O)(O)O.[Ca+2].[Li+].[Zn+2]. The topological polar surface area (TPSA) is 77.8 Å². The Morgan fingerprint density at radius 1 is 1.12 bits per heavy atom. The van der Waals surface area contributed by atoms with Crippen LogP contribution in [0.4, 0.5) is 0 Å². The maximum atomic E-state index is 8.88. The van der Waals surface area contributed by atoms with Crippen LogP contribution < -0.4 is 18.9 Å². The molecule has 0 heterocycles. The summed E-state index contributed by atoms with van der Waals surface area (Å²) in [5.41, 5.74) is 0. The minimum Gasteiger partial charge on any atom is -0.303 e. The molecule has 8 heteroatoms. The first kappa shape index (κ1) is 22.4. The summed E-state index contributed by atoms with van der Waals surface area (Å²) < 4.78 is 8.88. The first-order valence-electron chi connectivity index (χ1n) is 0.783. The smallest absolute Gasteiger partial charge is 0.303 e. The molecule has 0 aliphatic heterocycles. The largest absolute Gasteiger partial charge is 2.00 e. The molecule has 0 aliphatic carbocycles. The van der Waals surface area contributed by atoms with Crippen LogP contribution in [0.15, 0.2) is 0 Å². The van der Waals surface area contributed by atoms with E-state index in [2.05, 4.69) is 0 Å². The summed E-state index contributed by atoms with van der Waals surface area (Å²) >= 11 is 0. The van der Waals surface area contributed by atoms with Gasteiger partial charge in [-0.05, 0) is 0 Å². The van der Waals surface area contributed by atoms with E-state index in [1.54, 1.807) is 0 Å². The van der Waals surface area contributed by atoms with Crippen molar-refractivity contribution < 1.29 is 57.6 Å². The Morgan fingerprint density at radius 3 is 1.12 bits per heavy atom. The zero-order chi connectivity index (χ0) is 4.50. The molecule has 0 fully saturated rings. The molecule has 0 bridgehead atoms. The second kappa shape index (κ2) is 9.59. The van der Waals surface area contributed by atoms with Crippen molar-refractivity contribution in [2.24, 2.45) is 0 Å². The van der Waals surface area contributed by atoms with Crippen molar-refractivity contribution in [2.75, 3.05) is 0 Å². The molecule has 0 aliphatic rings. The Kier molecular flexibility index (Phi) is 26.9. The summed E-state index contributed by atoms with van der Waals surface area (Å²) in [5.74, 6) is 0. The normalized spacial score (nSPS) is 7.38. The van der Waals surface area contributed by atoms with E-state index >= 15 is 0 Å². The summed E-state index contributed by atoms with van der Waals surface area (Å²) in [4.78, 5) is 21.6. The minimum absolute atomic E-state index is 0. The Hall–Kier alpha value is 2.59. The van der Waals surface area contributed by atoms with E-state index in [0.29, 0.717) is 0 Å². The standard InChI is InChI=1S/Ca.Li.H3O4P.Zn/c;;1-5(2,3)4;/h;;(H3,1,2,3,4);/q+2;+1;;+2. The maximum Gasteiger partial charge on any atom is 2.00 e. The molecule has 0 saturated heterocycles. The summed E-state index contributed by atoms with van der Waals surface area (Å²) in [6.07, 6.45) is 0. The summed E-state index contributed by atoms with van der Waals surface area (Å²) in [6, 6.07) is 0. The van der Waals surface area contributed by atoms with Crippen molar-refractivity contribution in [1.29, 1.82) is 0 Å². The van der Waals surface area contributed by atoms with Gasteiger partial charge in [-0.1, -0.05) is 0 Å². The number of phosphoric acid groups is 1. The molecule has 0 rings (SSSR count). The second-order valence-corrected chi connectivity index (χ2v) is 1.54. The van der Waals surface area contributed by atoms with E-state index in [4.69, 9.17) is 19.2 Å². The Labute approximate surface area is 102 Å². The zero-order valence-corrected chi connectivity index (χ0v) is 10.7. The van der Waals surface area contributed by atoms with Crippen LogP contribution >= 0.6 is 7.82 Å². The maximum absolute atomic E-state index is 8.88. The van der Waals surface area contributed by atoms with Crippen LogP contribution in [-0.4, -0.2) is 52.4 Å². The predicted octanol–water partition coefficient (Wildman–Crippen LogP) is -4.31. The Bertz CT molecular complexity index is 62.2. The molecule has 0 aromatic rings. The van der Waals surface area contributed by atoms with Gasteiger partial charge in [0, 0.05) is 0 Å². The van der Waals surface area contributed by atoms with Crippen LogP contribution in [0.1, 0.15) is 0 Å². The molecule has 0 aromatic heterocycles. The Balaban J connectivity index is -0.0000000267. The molecule has 0 amide bonds. The molecule has 8 heavy (non-hydrogen) atoms. The van der Waals surface area contributed by atoms with Gasteiger partial charge in [-0.15, -0.1) is 0 Å². The predicted molar refractivity (Wildman–Crippen MR) is 20.0 cm³/mol. The van der Waals surface area contributed by atoms with Gasteiger partial charge in [-0.2, -0.15) is 0 Å². The fraction of sp³-hybridized carbons (Fsp3) is 0. The fourth-order valence-corrected chi connectivity index (χ4v) is 0. The molecule has 0 aromatic carbocycles. The van der Waals surface area contributed by atoms with Crippen molar-refractivity contribution in [1.82, 2.24) is 0 Å². The molecular formula is H3CaLiO4PZn+5. The van der Waals surface area contributed by atoms with Crippen molar-refractivity contribution in [3.8, 4) is 0 Å². The van der Waals surface area contributed by atoms with E-state index in [1.807, 2.05) is 0 Å². The molecule has 4 nitrogen and oxygen atoms in total. The average molecular weight is 210 g/mol. The quantitative estimate of drug-likeness (QED) is 0.279. The molecule has 0 spiro atoms. The molecule has 32 valence electrons. The third kappa shape index (κ3) is 73.8. The first-order valence-corrected chi connectivity index (χ1v) is 2.35. The van der Waals surface area contributed by atoms with Crippen LogP contribution in [0.3, 0.4) is 0 Å². The van der Waals surface area contributed by atoms with Gasteiger partial charge < -0.3 is 14.7 Å². The molecule has 0 atom stereocenters. The third-order valence-corrected chi connectivity index (χ3v) is 0. The van der Waals surface area contributed by atoms with Gasteiger partial charge in [0.25, 0.3) is 0 Å². The van der Waals surface area contributed by atoms with Gasteiger partial charge in [0.1, 0.15) is 0 Å². The van der Waals surface area contributed by atoms with Crippen molar-refractivity contribution in [3.63, 3.8) is 0 Å². The number of rotatable bonds is 0.